The van der Waals surface area contributed by atoms with Crippen LogP contribution < -0.4 is 5.32 Å². The van der Waals surface area contributed by atoms with Crippen molar-refractivity contribution in [3.63, 3.8) is 0 Å². The molecule has 1 N–H and O–H groups in total. The summed E-state index contributed by atoms with van der Waals surface area (Å²) in [5, 5.41) is 3.36. The van der Waals surface area contributed by atoms with Crippen LogP contribution >= 0.6 is 0 Å². The van der Waals surface area contributed by atoms with Crippen LogP contribution in [0.1, 0.15) is 20.3 Å². The molecule has 94 valence electrons. The van der Waals surface area contributed by atoms with Gasteiger partial charge in [-0.2, -0.15) is 17.0 Å². The van der Waals surface area contributed by atoms with E-state index in [0.717, 1.165) is 13.0 Å². The van der Waals surface area contributed by atoms with Crippen LogP contribution in [0, 0.1) is 5.92 Å². The molecule has 2 heterocycles. The Kier molecular flexibility index (Phi) is 3.27. The second kappa shape index (κ2) is 4.25. The number of hydrogen-bond acceptors (Lipinski definition) is 3. The standard InChI is InChI=1S/C10H21N3O2S/c1-8(2)12(3)16(14,15)13-6-9-4-5-11-10(9)7-13/h8-11H,4-7H2,1-3H3/t9-,10+/m0/s1. The summed E-state index contributed by atoms with van der Waals surface area (Å²) >= 11 is 0. The molecular formula is C10H21N3O2S. The van der Waals surface area contributed by atoms with E-state index in [1.165, 1.54) is 4.31 Å². The number of nitrogens with one attached hydrogen (secondary N) is 1. The third kappa shape index (κ3) is 1.99. The molecule has 6 heteroatoms. The third-order valence-electron chi connectivity index (χ3n) is 3.75. The summed E-state index contributed by atoms with van der Waals surface area (Å²) in [6, 6.07) is 0.383. The average molecular weight is 247 g/mol. The fraction of sp³-hybridized carbons (Fsp3) is 1.00. The maximum Gasteiger partial charge on any atom is 0.282 e. The lowest BCUT2D eigenvalue weighted by Gasteiger charge is -2.27. The van der Waals surface area contributed by atoms with Crippen LogP contribution in [0.5, 0.6) is 0 Å². The Labute approximate surface area is 98.0 Å². The van der Waals surface area contributed by atoms with Gasteiger partial charge in [0.2, 0.25) is 0 Å². The first kappa shape index (κ1) is 12.3. The molecule has 5 nitrogen and oxygen atoms in total. The van der Waals surface area contributed by atoms with E-state index < -0.39 is 10.2 Å². The topological polar surface area (TPSA) is 52.7 Å². The second-order valence-corrected chi connectivity index (χ2v) is 7.03. The van der Waals surface area contributed by atoms with Crippen molar-refractivity contribution in [1.82, 2.24) is 13.9 Å². The Morgan fingerprint density at radius 3 is 2.62 bits per heavy atom. The fourth-order valence-electron chi connectivity index (χ4n) is 2.45. The Bertz CT molecular complexity index is 343. The van der Waals surface area contributed by atoms with Gasteiger partial charge in [0.25, 0.3) is 10.2 Å². The van der Waals surface area contributed by atoms with Crippen LogP contribution in [0.25, 0.3) is 0 Å². The van der Waals surface area contributed by atoms with E-state index in [1.807, 2.05) is 13.8 Å². The molecule has 0 aromatic rings. The quantitative estimate of drug-likeness (QED) is 0.755. The lowest BCUT2D eigenvalue weighted by atomic mass is 10.1. The molecule has 2 fully saturated rings. The molecule has 0 amide bonds. The molecule has 0 unspecified atom stereocenters. The Morgan fingerprint density at radius 2 is 2.06 bits per heavy atom. The van der Waals surface area contributed by atoms with Gasteiger partial charge in [0.1, 0.15) is 0 Å². The number of fused-ring (bicyclic) bond motifs is 1. The predicted molar refractivity (Wildman–Crippen MR) is 63.3 cm³/mol. The van der Waals surface area contributed by atoms with Gasteiger partial charge in [0.05, 0.1) is 0 Å². The number of rotatable bonds is 3. The van der Waals surface area contributed by atoms with E-state index in [2.05, 4.69) is 5.32 Å². The van der Waals surface area contributed by atoms with Crippen LogP contribution in [0.15, 0.2) is 0 Å². The third-order valence-corrected chi connectivity index (χ3v) is 5.85. The molecular weight excluding hydrogens is 226 g/mol. The van der Waals surface area contributed by atoms with Crippen LogP contribution in [0.3, 0.4) is 0 Å². The SMILES string of the molecule is CC(C)N(C)S(=O)(=O)N1C[C@@H]2CCN[C@@H]2C1. The van der Waals surface area contributed by atoms with Crippen molar-refractivity contribution < 1.29 is 8.42 Å². The Balaban J connectivity index is 2.09. The second-order valence-electron chi connectivity index (χ2n) is 5.04. The zero-order chi connectivity index (χ0) is 11.9. The van der Waals surface area contributed by atoms with Crippen LogP contribution in [0.2, 0.25) is 0 Å². The Morgan fingerprint density at radius 1 is 1.38 bits per heavy atom. The van der Waals surface area contributed by atoms with Crippen LogP contribution in [-0.4, -0.2) is 55.8 Å². The minimum absolute atomic E-state index is 0.0124. The first-order valence-corrected chi connectivity index (χ1v) is 7.29. The molecule has 2 aliphatic rings. The van der Waals surface area contributed by atoms with Gasteiger partial charge in [-0.25, -0.2) is 0 Å². The van der Waals surface area contributed by atoms with E-state index >= 15 is 0 Å². The minimum atomic E-state index is -3.25. The first-order chi connectivity index (χ1) is 7.43. The monoisotopic (exact) mass is 247 g/mol. The van der Waals surface area contributed by atoms with Crippen molar-refractivity contribution in [2.75, 3.05) is 26.7 Å². The number of nitrogens with zero attached hydrogens (tertiary/aromatic N) is 2. The van der Waals surface area contributed by atoms with Crippen molar-refractivity contribution in [3.8, 4) is 0 Å². The minimum Gasteiger partial charge on any atom is -0.312 e. The molecule has 0 aliphatic carbocycles. The van der Waals surface area contributed by atoms with Crippen molar-refractivity contribution >= 4 is 10.2 Å². The predicted octanol–water partition coefficient (Wildman–Crippen LogP) is -0.135. The molecule has 0 aromatic heterocycles. The molecule has 2 aliphatic heterocycles. The summed E-state index contributed by atoms with van der Waals surface area (Å²) in [6.45, 7) is 6.13. The van der Waals surface area contributed by atoms with E-state index in [1.54, 1.807) is 11.4 Å². The normalized spacial score (nSPS) is 31.6. The highest BCUT2D eigenvalue weighted by molar-refractivity contribution is 7.86. The molecule has 2 rings (SSSR count). The first-order valence-electron chi connectivity index (χ1n) is 5.89. The molecule has 0 bridgehead atoms. The van der Waals surface area contributed by atoms with Crippen molar-refractivity contribution in [3.05, 3.63) is 0 Å². The molecule has 2 atom stereocenters. The molecule has 16 heavy (non-hydrogen) atoms. The van der Waals surface area contributed by atoms with E-state index in [4.69, 9.17) is 0 Å². The zero-order valence-corrected chi connectivity index (χ0v) is 11.0. The van der Waals surface area contributed by atoms with Crippen LogP contribution in [-0.2, 0) is 10.2 Å². The summed E-state index contributed by atoms with van der Waals surface area (Å²) in [5.74, 6) is 0.510. The van der Waals surface area contributed by atoms with Crippen molar-refractivity contribution in [2.45, 2.75) is 32.4 Å². The fourth-order valence-corrected chi connectivity index (χ4v) is 4.07. The van der Waals surface area contributed by atoms with Gasteiger partial charge in [-0.3, -0.25) is 0 Å². The van der Waals surface area contributed by atoms with Crippen molar-refractivity contribution in [1.29, 1.82) is 0 Å². The maximum absolute atomic E-state index is 12.2. The summed E-state index contributed by atoms with van der Waals surface area (Å²) in [5.41, 5.74) is 0. The van der Waals surface area contributed by atoms with Gasteiger partial charge < -0.3 is 5.32 Å². The van der Waals surface area contributed by atoms with E-state index in [9.17, 15) is 8.42 Å². The molecule has 0 spiro atoms. The largest absolute Gasteiger partial charge is 0.312 e. The molecule has 2 saturated heterocycles. The van der Waals surface area contributed by atoms with Gasteiger partial charge in [-0.05, 0) is 32.7 Å². The van der Waals surface area contributed by atoms with Gasteiger partial charge in [0.15, 0.2) is 0 Å². The highest BCUT2D eigenvalue weighted by Crippen LogP contribution is 2.27. The number of hydrogen-bond donors (Lipinski definition) is 1. The smallest absolute Gasteiger partial charge is 0.282 e. The average Bonchev–Trinajstić information content (AvgIpc) is 2.74. The van der Waals surface area contributed by atoms with Crippen LogP contribution in [0.4, 0.5) is 0 Å². The Hall–Kier alpha value is -0.170. The molecule has 0 saturated carbocycles. The lowest BCUT2D eigenvalue weighted by Crippen LogP contribution is -2.45. The summed E-state index contributed by atoms with van der Waals surface area (Å²) < 4.78 is 27.5. The van der Waals surface area contributed by atoms with Gasteiger partial charge >= 0.3 is 0 Å². The summed E-state index contributed by atoms with van der Waals surface area (Å²) in [4.78, 5) is 0. The van der Waals surface area contributed by atoms with Crippen molar-refractivity contribution in [2.24, 2.45) is 5.92 Å². The molecule has 0 aromatic carbocycles. The van der Waals surface area contributed by atoms with Gasteiger partial charge in [-0.1, -0.05) is 0 Å². The molecule has 0 radical (unpaired) electrons. The van der Waals surface area contributed by atoms with Gasteiger partial charge in [0, 0.05) is 32.2 Å². The maximum atomic E-state index is 12.2. The summed E-state index contributed by atoms with van der Waals surface area (Å²) in [6.07, 6.45) is 1.10. The van der Waals surface area contributed by atoms with E-state index in [0.29, 0.717) is 25.0 Å². The highest BCUT2D eigenvalue weighted by atomic mass is 32.2. The summed E-state index contributed by atoms with van der Waals surface area (Å²) in [7, 11) is -1.60. The van der Waals surface area contributed by atoms with E-state index in [-0.39, 0.29) is 6.04 Å². The lowest BCUT2D eigenvalue weighted by molar-refractivity contribution is 0.350. The van der Waals surface area contributed by atoms with Gasteiger partial charge in [-0.15, -0.1) is 0 Å². The highest BCUT2D eigenvalue weighted by Gasteiger charge is 2.42. The zero-order valence-electron chi connectivity index (χ0n) is 10.2.